The zero-order valence-electron chi connectivity index (χ0n) is 12.4. The summed E-state index contributed by atoms with van der Waals surface area (Å²) in [4.78, 5) is 12.8. The zero-order valence-corrected chi connectivity index (χ0v) is 13.2. The molecule has 2 rings (SSSR count). The predicted octanol–water partition coefficient (Wildman–Crippen LogP) is 2.99. The number of aromatic nitrogens is 2. The van der Waals surface area contributed by atoms with Gasteiger partial charge in [-0.15, -0.1) is 5.10 Å². The molecule has 0 bridgehead atoms. The van der Waals surface area contributed by atoms with E-state index in [0.29, 0.717) is 17.9 Å². The molecule has 1 unspecified atom stereocenters. The quantitative estimate of drug-likeness (QED) is 0.891. The van der Waals surface area contributed by atoms with Crippen LogP contribution in [0.25, 0.3) is 0 Å². The van der Waals surface area contributed by atoms with E-state index in [-0.39, 0.29) is 11.9 Å². The van der Waals surface area contributed by atoms with Gasteiger partial charge in [0, 0.05) is 0 Å². The van der Waals surface area contributed by atoms with E-state index < -0.39 is 0 Å². The van der Waals surface area contributed by atoms with E-state index in [1.807, 2.05) is 45.0 Å². The van der Waals surface area contributed by atoms with Crippen molar-refractivity contribution in [2.24, 2.45) is 0 Å². The molecule has 0 fully saturated rings. The molecule has 0 aliphatic carbocycles. The topological polar surface area (TPSA) is 64.1 Å². The summed E-state index contributed by atoms with van der Waals surface area (Å²) in [5, 5.41) is 6.93. The van der Waals surface area contributed by atoms with Crippen LogP contribution in [-0.4, -0.2) is 22.1 Å². The van der Waals surface area contributed by atoms with Crippen molar-refractivity contribution in [2.45, 2.75) is 33.2 Å². The first-order chi connectivity index (χ1) is 10.2. The lowest BCUT2D eigenvalue weighted by Crippen LogP contribution is -2.26. The van der Waals surface area contributed by atoms with Crippen molar-refractivity contribution in [3.8, 4) is 5.75 Å². The van der Waals surface area contributed by atoms with Gasteiger partial charge in [0.25, 0.3) is 5.91 Å². The van der Waals surface area contributed by atoms with Gasteiger partial charge < -0.3 is 10.1 Å². The number of benzene rings is 1. The molecule has 112 valence electrons. The Kier molecular flexibility index (Phi) is 5.27. The smallest absolute Gasteiger partial charge is 0.265 e. The van der Waals surface area contributed by atoms with Gasteiger partial charge in [0.15, 0.2) is 0 Å². The van der Waals surface area contributed by atoms with E-state index in [0.717, 1.165) is 28.5 Å². The second kappa shape index (κ2) is 7.17. The summed E-state index contributed by atoms with van der Waals surface area (Å²) in [5.41, 5.74) is 1.78. The van der Waals surface area contributed by atoms with Crippen molar-refractivity contribution in [2.75, 3.05) is 6.61 Å². The van der Waals surface area contributed by atoms with Crippen LogP contribution in [0.15, 0.2) is 24.3 Å². The summed E-state index contributed by atoms with van der Waals surface area (Å²) in [5.74, 6) is 0.711. The number of amides is 1. The van der Waals surface area contributed by atoms with Gasteiger partial charge in [0.1, 0.15) is 10.6 Å². The third kappa shape index (κ3) is 3.78. The summed E-state index contributed by atoms with van der Waals surface area (Å²) < 4.78 is 9.25. The number of aryl methyl sites for hydroxylation is 1. The Labute approximate surface area is 128 Å². The molecule has 1 amide bonds. The van der Waals surface area contributed by atoms with Crippen molar-refractivity contribution >= 4 is 17.4 Å². The van der Waals surface area contributed by atoms with Gasteiger partial charge in [0.05, 0.1) is 18.3 Å². The highest BCUT2D eigenvalue weighted by Crippen LogP contribution is 2.19. The molecule has 0 radical (unpaired) electrons. The molecule has 0 saturated heterocycles. The van der Waals surface area contributed by atoms with E-state index in [1.165, 1.54) is 0 Å². The highest BCUT2D eigenvalue weighted by molar-refractivity contribution is 7.08. The minimum absolute atomic E-state index is 0.0833. The summed E-state index contributed by atoms with van der Waals surface area (Å²) in [7, 11) is 0. The van der Waals surface area contributed by atoms with Crippen LogP contribution in [0.3, 0.4) is 0 Å². The van der Waals surface area contributed by atoms with Crippen LogP contribution >= 0.6 is 11.5 Å². The van der Waals surface area contributed by atoms with Crippen molar-refractivity contribution in [3.63, 3.8) is 0 Å². The van der Waals surface area contributed by atoms with E-state index in [2.05, 4.69) is 14.9 Å². The van der Waals surface area contributed by atoms with Crippen LogP contribution in [0, 0.1) is 0 Å². The van der Waals surface area contributed by atoms with Crippen LogP contribution in [0.4, 0.5) is 0 Å². The molecular weight excluding hydrogens is 286 g/mol. The first-order valence-corrected chi connectivity index (χ1v) is 7.77. The maximum Gasteiger partial charge on any atom is 0.265 e. The summed E-state index contributed by atoms with van der Waals surface area (Å²) in [6.07, 6.45) is 0.705. The molecule has 0 saturated carbocycles. The minimum atomic E-state index is -0.122. The maximum atomic E-state index is 12.2. The molecule has 1 heterocycles. The molecular formula is C15H19N3O2S. The molecule has 6 heteroatoms. The summed E-state index contributed by atoms with van der Waals surface area (Å²) in [6, 6.07) is 7.66. The molecule has 1 aromatic carbocycles. The van der Waals surface area contributed by atoms with Gasteiger partial charge in [-0.3, -0.25) is 4.79 Å². The maximum absolute atomic E-state index is 12.2. The highest BCUT2D eigenvalue weighted by Gasteiger charge is 2.17. The van der Waals surface area contributed by atoms with Crippen LogP contribution in [0.2, 0.25) is 0 Å². The number of hydrogen-bond donors (Lipinski definition) is 1. The fourth-order valence-corrected chi connectivity index (χ4v) is 2.63. The second-order valence-corrected chi connectivity index (χ2v) is 5.35. The van der Waals surface area contributed by atoms with Crippen LogP contribution in [0.5, 0.6) is 5.75 Å². The highest BCUT2D eigenvalue weighted by atomic mass is 32.1. The molecule has 0 aliphatic heterocycles. The van der Waals surface area contributed by atoms with Crippen molar-refractivity contribution in [1.29, 1.82) is 0 Å². The van der Waals surface area contributed by atoms with Gasteiger partial charge >= 0.3 is 0 Å². The van der Waals surface area contributed by atoms with Gasteiger partial charge in [-0.05, 0) is 49.5 Å². The Balaban J connectivity index is 2.03. The van der Waals surface area contributed by atoms with Crippen molar-refractivity contribution in [3.05, 3.63) is 40.4 Å². The number of hydrogen-bond acceptors (Lipinski definition) is 5. The largest absolute Gasteiger partial charge is 0.494 e. The van der Waals surface area contributed by atoms with Crippen LogP contribution in [0.1, 0.15) is 47.7 Å². The summed E-state index contributed by atoms with van der Waals surface area (Å²) in [6.45, 7) is 6.51. The molecule has 0 aliphatic rings. The number of carbonyl (C=O) groups is 1. The van der Waals surface area contributed by atoms with E-state index in [1.54, 1.807) is 0 Å². The second-order valence-electron chi connectivity index (χ2n) is 4.60. The third-order valence-corrected chi connectivity index (χ3v) is 3.90. The van der Waals surface area contributed by atoms with Gasteiger partial charge in [-0.2, -0.15) is 0 Å². The van der Waals surface area contributed by atoms with E-state index >= 15 is 0 Å². The predicted molar refractivity (Wildman–Crippen MR) is 82.8 cm³/mol. The standard InChI is InChI=1S/C15H19N3O2S/c1-4-13-14(21-18-17-13)15(19)16-10(3)11-6-8-12(9-7-11)20-5-2/h6-10H,4-5H2,1-3H3,(H,16,19). The average molecular weight is 305 g/mol. The SMILES string of the molecule is CCOc1ccc(C(C)NC(=O)c2snnc2CC)cc1. The first-order valence-electron chi connectivity index (χ1n) is 7.00. The normalized spacial score (nSPS) is 12.0. The molecule has 5 nitrogen and oxygen atoms in total. The fourth-order valence-electron chi connectivity index (χ4n) is 1.98. The Morgan fingerprint density at radius 1 is 1.33 bits per heavy atom. The number of ether oxygens (including phenoxy) is 1. The lowest BCUT2D eigenvalue weighted by atomic mass is 10.1. The summed E-state index contributed by atoms with van der Waals surface area (Å²) >= 11 is 1.14. The number of nitrogens with one attached hydrogen (secondary N) is 1. The van der Waals surface area contributed by atoms with Crippen molar-refractivity contribution in [1.82, 2.24) is 14.9 Å². The van der Waals surface area contributed by atoms with E-state index in [4.69, 9.17) is 4.74 Å². The van der Waals surface area contributed by atoms with Crippen LogP contribution in [-0.2, 0) is 6.42 Å². The minimum Gasteiger partial charge on any atom is -0.494 e. The molecule has 2 aromatic rings. The molecule has 1 atom stereocenters. The Hall–Kier alpha value is -1.95. The lowest BCUT2D eigenvalue weighted by molar-refractivity contribution is 0.0943. The zero-order chi connectivity index (χ0) is 15.2. The van der Waals surface area contributed by atoms with Gasteiger partial charge in [-0.1, -0.05) is 23.5 Å². The van der Waals surface area contributed by atoms with Gasteiger partial charge in [-0.25, -0.2) is 0 Å². The van der Waals surface area contributed by atoms with E-state index in [9.17, 15) is 4.79 Å². The average Bonchev–Trinajstić information content (AvgIpc) is 2.97. The molecule has 0 spiro atoms. The van der Waals surface area contributed by atoms with Crippen LogP contribution < -0.4 is 10.1 Å². The molecule has 1 N–H and O–H groups in total. The van der Waals surface area contributed by atoms with Crippen molar-refractivity contribution < 1.29 is 9.53 Å². The number of carbonyl (C=O) groups excluding carboxylic acids is 1. The monoisotopic (exact) mass is 305 g/mol. The molecule has 1 aromatic heterocycles. The molecule has 21 heavy (non-hydrogen) atoms. The Morgan fingerprint density at radius 3 is 2.67 bits per heavy atom. The number of rotatable bonds is 6. The Morgan fingerprint density at radius 2 is 2.05 bits per heavy atom. The number of nitrogens with zero attached hydrogens (tertiary/aromatic N) is 2. The fraction of sp³-hybridized carbons (Fsp3) is 0.400. The van der Waals surface area contributed by atoms with Gasteiger partial charge in [0.2, 0.25) is 0 Å². The Bertz CT molecular complexity index is 595. The first kappa shape index (κ1) is 15.4. The third-order valence-electron chi connectivity index (χ3n) is 3.14. The lowest BCUT2D eigenvalue weighted by Gasteiger charge is -2.14.